The van der Waals surface area contributed by atoms with Crippen LogP contribution >= 0.6 is 0 Å². The van der Waals surface area contributed by atoms with Gasteiger partial charge < -0.3 is 26.3 Å². The molecule has 2 aromatic carbocycles. The van der Waals surface area contributed by atoms with E-state index in [1.807, 2.05) is 73.3 Å². The molecule has 0 amide bonds. The molecule has 4 aromatic rings. The van der Waals surface area contributed by atoms with Gasteiger partial charge >= 0.3 is 0 Å². The normalized spacial score (nSPS) is 10.6. The second kappa shape index (κ2) is 9.22. The Morgan fingerprint density at radius 1 is 1.07 bits per heavy atom. The van der Waals surface area contributed by atoms with Gasteiger partial charge in [-0.3, -0.25) is 4.79 Å². The summed E-state index contributed by atoms with van der Waals surface area (Å²) in [6, 6.07) is 19.6. The first-order valence-corrected chi connectivity index (χ1v) is 9.62. The standard InChI is InChI=1S/C24H24N3O2.BrH/c1-17-25-24-21(26(17)2)13-14-27(22(24)15-18-7-5-4-6-8-18)16-23(28)19-9-11-20(29-3)12-10-19;/h4-14H,15-16H2,1-3H3;1H/q+1;/p-1. The van der Waals surface area contributed by atoms with Crippen LogP contribution in [0.1, 0.15) is 27.4 Å². The van der Waals surface area contributed by atoms with Gasteiger partial charge in [0.2, 0.25) is 18.0 Å². The topological polar surface area (TPSA) is 48.0 Å². The summed E-state index contributed by atoms with van der Waals surface area (Å²) in [5, 5.41) is 0. The smallest absolute Gasteiger partial charge is 0.227 e. The number of benzene rings is 2. The number of hydrogen-bond acceptors (Lipinski definition) is 3. The lowest BCUT2D eigenvalue weighted by atomic mass is 10.1. The molecule has 0 aliphatic carbocycles. The van der Waals surface area contributed by atoms with Crippen molar-refractivity contribution in [1.29, 1.82) is 0 Å². The minimum Gasteiger partial charge on any atom is -1.00 e. The largest absolute Gasteiger partial charge is 1.00 e. The molecule has 0 unspecified atom stereocenters. The number of rotatable bonds is 6. The van der Waals surface area contributed by atoms with E-state index < -0.39 is 0 Å². The van der Waals surface area contributed by atoms with Crippen molar-refractivity contribution in [2.24, 2.45) is 7.05 Å². The summed E-state index contributed by atoms with van der Waals surface area (Å²) in [4.78, 5) is 17.7. The number of ketones is 1. The lowest BCUT2D eigenvalue weighted by molar-refractivity contribution is -0.688. The van der Waals surface area contributed by atoms with Crippen LogP contribution in [0.25, 0.3) is 11.0 Å². The van der Waals surface area contributed by atoms with Gasteiger partial charge in [-0.1, -0.05) is 30.3 Å². The molecule has 0 saturated carbocycles. The number of nitrogens with zero attached hydrogens (tertiary/aromatic N) is 3. The highest BCUT2D eigenvalue weighted by Gasteiger charge is 2.23. The van der Waals surface area contributed by atoms with E-state index >= 15 is 0 Å². The number of halogens is 1. The monoisotopic (exact) mass is 465 g/mol. The van der Waals surface area contributed by atoms with Gasteiger partial charge in [-0.2, -0.15) is 4.57 Å². The van der Waals surface area contributed by atoms with Gasteiger partial charge in [0.05, 0.1) is 19.0 Å². The van der Waals surface area contributed by atoms with Crippen molar-refractivity contribution in [2.75, 3.05) is 7.11 Å². The molecule has 0 bridgehead atoms. The number of Topliss-reactive ketones (excluding diaryl/α,β-unsaturated/α-hetero) is 1. The fraction of sp³-hybridized carbons (Fsp3) is 0.208. The van der Waals surface area contributed by atoms with E-state index in [0.29, 0.717) is 12.0 Å². The molecular formula is C24H24BrN3O2. The first-order chi connectivity index (χ1) is 14.1. The molecule has 0 aliphatic rings. The van der Waals surface area contributed by atoms with Gasteiger partial charge in [-0.05, 0) is 36.8 Å². The third-order valence-corrected chi connectivity index (χ3v) is 5.34. The van der Waals surface area contributed by atoms with Gasteiger partial charge in [-0.15, -0.1) is 0 Å². The SMILES string of the molecule is COc1ccc(C(=O)C[n+]2ccc3c(nc(C)n3C)c2Cc2ccccc2)cc1.[Br-]. The van der Waals surface area contributed by atoms with E-state index in [4.69, 9.17) is 9.72 Å². The number of carbonyl (C=O) groups is 1. The Bertz CT molecular complexity index is 1170. The average Bonchev–Trinajstić information content (AvgIpc) is 3.04. The molecule has 6 heteroatoms. The van der Waals surface area contributed by atoms with Crippen LogP contribution in [0, 0.1) is 6.92 Å². The summed E-state index contributed by atoms with van der Waals surface area (Å²) in [7, 11) is 3.64. The van der Waals surface area contributed by atoms with Gasteiger partial charge in [0, 0.05) is 18.7 Å². The van der Waals surface area contributed by atoms with E-state index in [2.05, 4.69) is 16.7 Å². The van der Waals surface area contributed by atoms with Gasteiger partial charge in [0.25, 0.3) is 0 Å². The summed E-state index contributed by atoms with van der Waals surface area (Å²) >= 11 is 0. The van der Waals surface area contributed by atoms with E-state index in [9.17, 15) is 4.79 Å². The van der Waals surface area contributed by atoms with Crippen molar-refractivity contribution in [3.63, 3.8) is 0 Å². The fourth-order valence-electron chi connectivity index (χ4n) is 3.56. The van der Waals surface area contributed by atoms with Crippen LogP contribution in [-0.4, -0.2) is 22.4 Å². The minimum atomic E-state index is 0. The van der Waals surface area contributed by atoms with Crippen LogP contribution in [0.2, 0.25) is 0 Å². The maximum absolute atomic E-state index is 12.9. The van der Waals surface area contributed by atoms with E-state index in [0.717, 1.165) is 28.3 Å². The van der Waals surface area contributed by atoms with Crippen molar-refractivity contribution in [1.82, 2.24) is 9.55 Å². The molecule has 2 aromatic heterocycles. The average molecular weight is 466 g/mol. The first kappa shape index (κ1) is 21.7. The van der Waals surface area contributed by atoms with Crippen molar-refractivity contribution in [2.45, 2.75) is 19.9 Å². The highest BCUT2D eigenvalue weighted by molar-refractivity contribution is 5.95. The highest BCUT2D eigenvalue weighted by atomic mass is 79.9. The lowest BCUT2D eigenvalue weighted by Gasteiger charge is -2.07. The van der Waals surface area contributed by atoms with Crippen LogP contribution in [0.15, 0.2) is 66.9 Å². The van der Waals surface area contributed by atoms with E-state index in [-0.39, 0.29) is 29.3 Å². The summed E-state index contributed by atoms with van der Waals surface area (Å²) in [6.45, 7) is 2.26. The summed E-state index contributed by atoms with van der Waals surface area (Å²) in [5.74, 6) is 1.75. The number of aromatic nitrogens is 3. The summed E-state index contributed by atoms with van der Waals surface area (Å²) in [5.41, 5.74) is 4.91. The Balaban J connectivity index is 0.00000256. The molecule has 30 heavy (non-hydrogen) atoms. The third-order valence-electron chi connectivity index (χ3n) is 5.34. The van der Waals surface area contributed by atoms with Crippen molar-refractivity contribution in [3.05, 3.63) is 89.5 Å². The van der Waals surface area contributed by atoms with Gasteiger partial charge in [0.1, 0.15) is 11.6 Å². The van der Waals surface area contributed by atoms with Crippen LogP contribution < -0.4 is 26.3 Å². The number of hydrogen-bond donors (Lipinski definition) is 0. The van der Waals surface area contributed by atoms with Crippen molar-refractivity contribution >= 4 is 16.8 Å². The van der Waals surface area contributed by atoms with Crippen LogP contribution in [-0.2, 0) is 20.0 Å². The van der Waals surface area contributed by atoms with Gasteiger partial charge in [0.15, 0.2) is 11.7 Å². The molecule has 0 N–H and O–H groups in total. The Kier molecular flexibility index (Phi) is 6.67. The molecule has 5 nitrogen and oxygen atoms in total. The third kappa shape index (κ3) is 4.28. The second-order valence-electron chi connectivity index (χ2n) is 7.16. The number of pyridine rings is 1. The Morgan fingerprint density at radius 2 is 1.77 bits per heavy atom. The fourth-order valence-corrected chi connectivity index (χ4v) is 3.56. The summed E-state index contributed by atoms with van der Waals surface area (Å²) in [6.07, 6.45) is 2.70. The molecule has 2 heterocycles. The highest BCUT2D eigenvalue weighted by Crippen LogP contribution is 2.19. The second-order valence-corrected chi connectivity index (χ2v) is 7.16. The zero-order chi connectivity index (χ0) is 20.4. The summed E-state index contributed by atoms with van der Waals surface area (Å²) < 4.78 is 9.29. The quantitative estimate of drug-likeness (QED) is 0.310. The molecule has 154 valence electrons. The zero-order valence-electron chi connectivity index (χ0n) is 17.3. The molecule has 0 spiro atoms. The van der Waals surface area contributed by atoms with Crippen LogP contribution in [0.4, 0.5) is 0 Å². The Morgan fingerprint density at radius 3 is 2.43 bits per heavy atom. The van der Waals surface area contributed by atoms with Crippen molar-refractivity contribution < 1.29 is 31.1 Å². The first-order valence-electron chi connectivity index (χ1n) is 9.62. The van der Waals surface area contributed by atoms with E-state index in [1.54, 1.807) is 7.11 Å². The predicted octanol–water partition coefficient (Wildman–Crippen LogP) is 0.656. The molecule has 0 fully saturated rings. The number of fused-ring (bicyclic) bond motifs is 1. The van der Waals surface area contributed by atoms with Crippen LogP contribution in [0.3, 0.4) is 0 Å². The van der Waals surface area contributed by atoms with Gasteiger partial charge in [-0.25, -0.2) is 4.98 Å². The predicted molar refractivity (Wildman–Crippen MR) is 112 cm³/mol. The Hall–Kier alpha value is -2.99. The number of carbonyl (C=O) groups excluding carboxylic acids is 1. The van der Waals surface area contributed by atoms with E-state index in [1.165, 1.54) is 5.56 Å². The Labute approximate surface area is 186 Å². The lowest BCUT2D eigenvalue weighted by Crippen LogP contribution is -3.00. The number of ether oxygens (including phenoxy) is 1. The molecule has 0 radical (unpaired) electrons. The maximum atomic E-state index is 12.9. The number of aryl methyl sites for hydroxylation is 2. The number of imidazole rings is 1. The van der Waals surface area contributed by atoms with Crippen molar-refractivity contribution in [3.8, 4) is 5.75 Å². The molecule has 0 saturated heterocycles. The molecule has 4 rings (SSSR count). The van der Waals surface area contributed by atoms with Crippen LogP contribution in [0.5, 0.6) is 5.75 Å². The molecule has 0 atom stereocenters. The maximum Gasteiger partial charge on any atom is 0.227 e. The molecule has 0 aliphatic heterocycles. The minimum absolute atomic E-state index is 0. The molecular weight excluding hydrogens is 442 g/mol. The zero-order valence-corrected chi connectivity index (χ0v) is 18.9. The number of methoxy groups -OCH3 is 1.